The fourth-order valence-corrected chi connectivity index (χ4v) is 0.988. The number of nitrogens with zero attached hydrogens (tertiary/aromatic N) is 2. The summed E-state index contributed by atoms with van der Waals surface area (Å²) in [5.41, 5.74) is 6.46. The molecule has 0 saturated carbocycles. The molecule has 0 radical (unpaired) electrons. The predicted molar refractivity (Wildman–Crippen MR) is 45.8 cm³/mol. The van der Waals surface area contributed by atoms with E-state index in [1.807, 2.05) is 0 Å². The van der Waals surface area contributed by atoms with Gasteiger partial charge in [0.25, 0.3) is 5.89 Å². The Kier molecular flexibility index (Phi) is 1.63. The third-order valence-corrected chi connectivity index (χ3v) is 1.64. The van der Waals surface area contributed by atoms with Crippen molar-refractivity contribution in [1.82, 2.24) is 10.1 Å². The molecule has 0 saturated heterocycles. The van der Waals surface area contributed by atoms with Crippen molar-refractivity contribution in [3.05, 3.63) is 24.5 Å². The third kappa shape index (κ3) is 1.31. The topological polar surface area (TPSA) is 85.2 Å². The lowest BCUT2D eigenvalue weighted by molar-refractivity contribution is 0.430. The minimum absolute atomic E-state index is 0.0447. The lowest BCUT2D eigenvalue weighted by Crippen LogP contribution is -1.86. The van der Waals surface area contributed by atoms with Crippen LogP contribution >= 0.6 is 0 Å². The van der Waals surface area contributed by atoms with E-state index in [9.17, 15) is 0 Å². The van der Waals surface area contributed by atoms with Crippen LogP contribution in [-0.4, -0.2) is 15.2 Å². The van der Waals surface area contributed by atoms with Crippen molar-refractivity contribution in [2.45, 2.75) is 0 Å². The molecule has 1 heterocycles. The van der Waals surface area contributed by atoms with Crippen molar-refractivity contribution < 1.29 is 9.63 Å². The van der Waals surface area contributed by atoms with Gasteiger partial charge in [-0.1, -0.05) is 5.16 Å². The summed E-state index contributed by atoms with van der Waals surface area (Å²) < 4.78 is 4.82. The van der Waals surface area contributed by atoms with Gasteiger partial charge in [-0.3, -0.25) is 0 Å². The van der Waals surface area contributed by atoms with Gasteiger partial charge >= 0.3 is 0 Å². The van der Waals surface area contributed by atoms with E-state index in [0.717, 1.165) is 0 Å². The first-order chi connectivity index (χ1) is 6.27. The van der Waals surface area contributed by atoms with Crippen molar-refractivity contribution in [3.63, 3.8) is 0 Å². The number of phenols is 1. The summed E-state index contributed by atoms with van der Waals surface area (Å²) in [6.45, 7) is 0. The first kappa shape index (κ1) is 7.60. The third-order valence-electron chi connectivity index (χ3n) is 1.64. The zero-order valence-electron chi connectivity index (χ0n) is 6.64. The summed E-state index contributed by atoms with van der Waals surface area (Å²) in [5, 5.41) is 12.6. The van der Waals surface area contributed by atoms with Crippen LogP contribution in [0.2, 0.25) is 0 Å². The Morgan fingerprint density at radius 3 is 2.85 bits per heavy atom. The van der Waals surface area contributed by atoms with E-state index in [0.29, 0.717) is 11.5 Å². The number of hydrogen-bond acceptors (Lipinski definition) is 5. The summed E-state index contributed by atoms with van der Waals surface area (Å²) >= 11 is 0. The zero-order chi connectivity index (χ0) is 9.26. The van der Waals surface area contributed by atoms with Crippen LogP contribution in [0.3, 0.4) is 0 Å². The zero-order valence-corrected chi connectivity index (χ0v) is 6.64. The van der Waals surface area contributed by atoms with Crippen molar-refractivity contribution in [2.75, 3.05) is 5.73 Å². The number of phenolic OH excluding ortho intramolecular Hbond substituents is 1. The van der Waals surface area contributed by atoms with Gasteiger partial charge in [0.1, 0.15) is 5.75 Å². The molecule has 0 aliphatic carbocycles. The molecule has 1 aromatic carbocycles. The Hall–Kier alpha value is -2.04. The van der Waals surface area contributed by atoms with Crippen LogP contribution in [0, 0.1) is 0 Å². The van der Waals surface area contributed by atoms with Gasteiger partial charge in [-0.25, -0.2) is 0 Å². The number of benzene rings is 1. The highest BCUT2D eigenvalue weighted by Gasteiger charge is 2.05. The molecule has 5 heteroatoms. The number of anilines is 1. The molecule has 0 aliphatic heterocycles. The van der Waals surface area contributed by atoms with Crippen molar-refractivity contribution in [1.29, 1.82) is 0 Å². The normalized spacial score (nSPS) is 10.2. The summed E-state index contributed by atoms with van der Waals surface area (Å²) in [6.07, 6.45) is 1.30. The molecule has 0 aliphatic rings. The van der Waals surface area contributed by atoms with Gasteiger partial charge in [-0.05, 0) is 18.2 Å². The Morgan fingerprint density at radius 1 is 1.38 bits per heavy atom. The molecule has 0 spiro atoms. The molecule has 2 rings (SSSR count). The van der Waals surface area contributed by atoms with E-state index < -0.39 is 0 Å². The van der Waals surface area contributed by atoms with Crippen LogP contribution in [0.25, 0.3) is 11.5 Å². The molecule has 0 atom stereocenters. The van der Waals surface area contributed by atoms with Crippen LogP contribution in [0.15, 0.2) is 29.0 Å². The molecule has 0 amide bonds. The monoisotopic (exact) mass is 177 g/mol. The maximum Gasteiger partial charge on any atom is 0.257 e. The highest BCUT2D eigenvalue weighted by Crippen LogP contribution is 2.25. The molecule has 0 unspecified atom stereocenters. The van der Waals surface area contributed by atoms with Gasteiger partial charge in [-0.15, -0.1) is 0 Å². The van der Waals surface area contributed by atoms with Crippen LogP contribution < -0.4 is 5.73 Å². The van der Waals surface area contributed by atoms with Gasteiger partial charge in [0.2, 0.25) is 0 Å². The maximum absolute atomic E-state index is 9.15. The molecule has 66 valence electrons. The molecule has 5 nitrogen and oxygen atoms in total. The molecule has 0 bridgehead atoms. The van der Waals surface area contributed by atoms with Crippen LogP contribution in [-0.2, 0) is 0 Å². The van der Waals surface area contributed by atoms with Crippen molar-refractivity contribution in [3.8, 4) is 17.2 Å². The summed E-state index contributed by atoms with van der Waals surface area (Å²) in [7, 11) is 0. The number of aromatic hydroxyl groups is 1. The SMILES string of the molecule is Nc1cc(-c2ncno2)ccc1O. The number of rotatable bonds is 1. The lowest BCUT2D eigenvalue weighted by Gasteiger charge is -1.99. The summed E-state index contributed by atoms with van der Waals surface area (Å²) in [4.78, 5) is 3.84. The van der Waals surface area contributed by atoms with Gasteiger partial charge < -0.3 is 15.4 Å². The largest absolute Gasteiger partial charge is 0.506 e. The van der Waals surface area contributed by atoms with Crippen LogP contribution in [0.1, 0.15) is 0 Å². The summed E-state index contributed by atoms with van der Waals surface area (Å²) in [5.74, 6) is 0.426. The average molecular weight is 177 g/mol. The second-order valence-electron chi connectivity index (χ2n) is 2.52. The van der Waals surface area contributed by atoms with Crippen molar-refractivity contribution in [2.24, 2.45) is 0 Å². The smallest absolute Gasteiger partial charge is 0.257 e. The molecule has 0 fully saturated rings. The quantitative estimate of drug-likeness (QED) is 0.501. The minimum Gasteiger partial charge on any atom is -0.506 e. The van der Waals surface area contributed by atoms with E-state index in [1.54, 1.807) is 12.1 Å². The molecule has 2 aromatic rings. The second kappa shape index (κ2) is 2.78. The van der Waals surface area contributed by atoms with Crippen LogP contribution in [0.4, 0.5) is 5.69 Å². The number of aromatic nitrogens is 2. The van der Waals surface area contributed by atoms with E-state index in [4.69, 9.17) is 15.4 Å². The van der Waals surface area contributed by atoms with E-state index in [1.165, 1.54) is 12.4 Å². The predicted octanol–water partition coefficient (Wildman–Crippen LogP) is 1.02. The van der Waals surface area contributed by atoms with E-state index in [-0.39, 0.29) is 11.4 Å². The first-order valence-electron chi connectivity index (χ1n) is 3.63. The van der Waals surface area contributed by atoms with Crippen LogP contribution in [0.5, 0.6) is 5.75 Å². The Labute approximate surface area is 73.8 Å². The highest BCUT2D eigenvalue weighted by molar-refractivity contribution is 5.64. The number of nitrogen functional groups attached to an aromatic ring is 1. The van der Waals surface area contributed by atoms with E-state index >= 15 is 0 Å². The van der Waals surface area contributed by atoms with Crippen molar-refractivity contribution >= 4 is 5.69 Å². The summed E-state index contributed by atoms with van der Waals surface area (Å²) in [6, 6.07) is 4.71. The van der Waals surface area contributed by atoms with Gasteiger partial charge in [0, 0.05) is 5.56 Å². The molecule has 3 N–H and O–H groups in total. The molecule has 13 heavy (non-hydrogen) atoms. The molecular formula is C8H7N3O2. The number of hydrogen-bond donors (Lipinski definition) is 2. The average Bonchev–Trinajstić information content (AvgIpc) is 2.62. The fraction of sp³-hybridized carbons (Fsp3) is 0. The van der Waals surface area contributed by atoms with E-state index in [2.05, 4.69) is 10.1 Å². The number of nitrogens with two attached hydrogens (primary N) is 1. The van der Waals surface area contributed by atoms with Gasteiger partial charge in [-0.2, -0.15) is 4.98 Å². The first-order valence-corrected chi connectivity index (χ1v) is 3.63. The Balaban J connectivity index is 2.49. The molecular weight excluding hydrogens is 170 g/mol. The minimum atomic E-state index is 0.0447. The highest BCUT2D eigenvalue weighted by atomic mass is 16.5. The standard InChI is InChI=1S/C8H7N3O2/c9-6-3-5(1-2-7(6)12)8-10-4-11-13-8/h1-4,12H,9H2. The Bertz CT molecular complexity index is 411. The Morgan fingerprint density at radius 2 is 2.23 bits per heavy atom. The van der Waals surface area contributed by atoms with Gasteiger partial charge in [0.15, 0.2) is 6.33 Å². The fourth-order valence-electron chi connectivity index (χ4n) is 0.988. The lowest BCUT2D eigenvalue weighted by atomic mass is 10.2. The van der Waals surface area contributed by atoms with Gasteiger partial charge in [0.05, 0.1) is 5.69 Å². The molecule has 1 aromatic heterocycles. The maximum atomic E-state index is 9.15. The second-order valence-corrected chi connectivity index (χ2v) is 2.52.